The van der Waals surface area contributed by atoms with Crippen molar-refractivity contribution in [3.8, 4) is 0 Å². The first-order chi connectivity index (χ1) is 8.81. The maximum Gasteiger partial charge on any atom is 0.212 e. The Balaban J connectivity index is 1.90. The van der Waals surface area contributed by atoms with Crippen LogP contribution in [-0.4, -0.2) is 31.4 Å². The van der Waals surface area contributed by atoms with E-state index in [-0.39, 0.29) is 17.2 Å². The molecule has 4 nitrogen and oxygen atoms in total. The number of rotatable bonds is 5. The fraction of sp³-hybridized carbons (Fsp3) is 0.571. The number of sulfonamides is 1. The Morgan fingerprint density at radius 2 is 1.95 bits per heavy atom. The number of hydrogen-bond acceptors (Lipinski definition) is 3. The van der Waals surface area contributed by atoms with Gasteiger partial charge in [-0.3, -0.25) is 0 Å². The molecule has 0 bridgehead atoms. The van der Waals surface area contributed by atoms with Crippen LogP contribution in [0.5, 0.6) is 0 Å². The van der Waals surface area contributed by atoms with Crippen LogP contribution in [0.1, 0.15) is 25.8 Å². The first-order valence-electron chi connectivity index (χ1n) is 6.53. The van der Waals surface area contributed by atoms with Gasteiger partial charge in [0.25, 0.3) is 0 Å². The van der Waals surface area contributed by atoms with Crippen molar-refractivity contribution < 1.29 is 13.5 Å². The van der Waals surface area contributed by atoms with E-state index in [1.54, 1.807) is 0 Å². The zero-order valence-corrected chi connectivity index (χ0v) is 12.2. The SMILES string of the molecule is CC1(C)C(O)CC1NS(=O)(=O)CCc1ccccc1. The van der Waals surface area contributed by atoms with Gasteiger partial charge in [-0.05, 0) is 18.4 Å². The van der Waals surface area contributed by atoms with E-state index in [4.69, 9.17) is 0 Å². The Hall–Kier alpha value is -0.910. The van der Waals surface area contributed by atoms with Gasteiger partial charge in [0.15, 0.2) is 0 Å². The van der Waals surface area contributed by atoms with Crippen molar-refractivity contribution in [1.82, 2.24) is 4.72 Å². The van der Waals surface area contributed by atoms with Crippen molar-refractivity contribution in [1.29, 1.82) is 0 Å². The summed E-state index contributed by atoms with van der Waals surface area (Å²) in [7, 11) is -3.30. The molecular formula is C14H21NO3S. The largest absolute Gasteiger partial charge is 0.392 e. The predicted molar refractivity (Wildman–Crippen MR) is 75.3 cm³/mol. The van der Waals surface area contributed by atoms with Gasteiger partial charge in [0.1, 0.15) is 0 Å². The lowest BCUT2D eigenvalue weighted by Gasteiger charge is -2.49. The average Bonchev–Trinajstić information content (AvgIpc) is 2.37. The standard InChI is InChI=1S/C14H21NO3S/c1-14(2)12(10-13(14)16)15-19(17,18)9-8-11-6-4-3-5-7-11/h3-7,12-13,15-16H,8-10H2,1-2H3. The van der Waals surface area contributed by atoms with Gasteiger partial charge in [0.2, 0.25) is 10.0 Å². The Morgan fingerprint density at radius 3 is 2.47 bits per heavy atom. The highest BCUT2D eigenvalue weighted by Crippen LogP contribution is 2.40. The molecule has 0 spiro atoms. The smallest absolute Gasteiger partial charge is 0.212 e. The molecule has 5 heteroatoms. The van der Waals surface area contributed by atoms with E-state index in [1.165, 1.54) is 0 Å². The van der Waals surface area contributed by atoms with E-state index < -0.39 is 16.1 Å². The molecule has 2 rings (SSSR count). The van der Waals surface area contributed by atoms with Crippen LogP contribution < -0.4 is 4.72 Å². The maximum atomic E-state index is 12.0. The zero-order valence-electron chi connectivity index (χ0n) is 11.3. The molecule has 0 saturated heterocycles. The molecule has 1 aromatic rings. The summed E-state index contributed by atoms with van der Waals surface area (Å²) in [6.45, 7) is 3.76. The van der Waals surface area contributed by atoms with E-state index in [0.717, 1.165) is 5.56 Å². The van der Waals surface area contributed by atoms with Gasteiger partial charge < -0.3 is 5.11 Å². The number of hydrogen-bond donors (Lipinski definition) is 2. The van der Waals surface area contributed by atoms with Crippen molar-refractivity contribution >= 4 is 10.0 Å². The summed E-state index contributed by atoms with van der Waals surface area (Å²) in [6, 6.07) is 9.40. The van der Waals surface area contributed by atoms with Gasteiger partial charge in [0.05, 0.1) is 11.9 Å². The van der Waals surface area contributed by atoms with Crippen molar-refractivity contribution in [2.45, 2.75) is 38.8 Å². The molecule has 1 aliphatic rings. The van der Waals surface area contributed by atoms with E-state index in [2.05, 4.69) is 4.72 Å². The Labute approximate surface area is 114 Å². The molecule has 106 valence electrons. The number of aryl methyl sites for hydroxylation is 1. The minimum Gasteiger partial charge on any atom is -0.392 e. The minimum absolute atomic E-state index is 0.0830. The third-order valence-corrected chi connectivity index (χ3v) is 5.43. The monoisotopic (exact) mass is 283 g/mol. The second kappa shape index (κ2) is 5.23. The Kier molecular flexibility index (Phi) is 3.99. The molecule has 19 heavy (non-hydrogen) atoms. The fourth-order valence-electron chi connectivity index (χ4n) is 2.28. The van der Waals surface area contributed by atoms with Crippen LogP contribution >= 0.6 is 0 Å². The molecule has 1 saturated carbocycles. The van der Waals surface area contributed by atoms with E-state index >= 15 is 0 Å². The highest BCUT2D eigenvalue weighted by atomic mass is 32.2. The van der Waals surface area contributed by atoms with E-state index in [1.807, 2.05) is 44.2 Å². The van der Waals surface area contributed by atoms with Crippen LogP contribution in [0.2, 0.25) is 0 Å². The second-order valence-corrected chi connectivity index (χ2v) is 7.67. The summed E-state index contributed by atoms with van der Waals surface area (Å²) in [5, 5.41) is 9.62. The molecule has 2 N–H and O–H groups in total. The third kappa shape index (κ3) is 3.35. The van der Waals surface area contributed by atoms with Gasteiger partial charge in [0, 0.05) is 11.5 Å². The molecule has 0 amide bonds. The van der Waals surface area contributed by atoms with Crippen molar-refractivity contribution in [2.75, 3.05) is 5.75 Å². The summed E-state index contributed by atoms with van der Waals surface area (Å²) < 4.78 is 26.7. The lowest BCUT2D eigenvalue weighted by atomic mass is 9.65. The van der Waals surface area contributed by atoms with Crippen molar-refractivity contribution in [3.63, 3.8) is 0 Å². The van der Waals surface area contributed by atoms with Gasteiger partial charge in [-0.1, -0.05) is 44.2 Å². The van der Waals surface area contributed by atoms with Crippen LogP contribution in [0, 0.1) is 5.41 Å². The first kappa shape index (κ1) is 14.5. The third-order valence-electron chi connectivity index (χ3n) is 4.04. The second-order valence-electron chi connectivity index (χ2n) is 5.80. The van der Waals surface area contributed by atoms with Crippen LogP contribution in [0.25, 0.3) is 0 Å². The van der Waals surface area contributed by atoms with E-state index in [9.17, 15) is 13.5 Å². The predicted octanol–water partition coefficient (Wildman–Crippen LogP) is 1.31. The summed E-state index contributed by atoms with van der Waals surface area (Å²) in [5.41, 5.74) is 0.639. The number of aliphatic hydroxyl groups is 1. The molecule has 0 aromatic heterocycles. The summed E-state index contributed by atoms with van der Waals surface area (Å²) in [4.78, 5) is 0. The van der Waals surface area contributed by atoms with Gasteiger partial charge in [-0.15, -0.1) is 0 Å². The first-order valence-corrected chi connectivity index (χ1v) is 8.18. The highest BCUT2D eigenvalue weighted by Gasteiger charge is 2.48. The minimum atomic E-state index is -3.30. The van der Waals surface area contributed by atoms with Gasteiger partial charge in [-0.2, -0.15) is 0 Å². The fourth-order valence-corrected chi connectivity index (χ4v) is 3.73. The lowest BCUT2D eigenvalue weighted by Crippen LogP contribution is -2.61. The van der Waals surface area contributed by atoms with E-state index in [0.29, 0.717) is 12.8 Å². The van der Waals surface area contributed by atoms with Crippen LogP contribution in [0.3, 0.4) is 0 Å². The summed E-state index contributed by atoms with van der Waals surface area (Å²) in [6.07, 6.45) is 0.581. The molecule has 2 unspecified atom stereocenters. The number of aliphatic hydroxyl groups excluding tert-OH is 1. The molecule has 0 aliphatic heterocycles. The summed E-state index contributed by atoms with van der Waals surface area (Å²) in [5.74, 6) is 0.0830. The van der Waals surface area contributed by atoms with Crippen LogP contribution in [0.4, 0.5) is 0 Å². The molecule has 1 fully saturated rings. The molecule has 0 radical (unpaired) electrons. The van der Waals surface area contributed by atoms with Crippen LogP contribution in [0.15, 0.2) is 30.3 Å². The number of nitrogens with one attached hydrogen (secondary N) is 1. The van der Waals surface area contributed by atoms with Crippen LogP contribution in [-0.2, 0) is 16.4 Å². The number of benzene rings is 1. The lowest BCUT2D eigenvalue weighted by molar-refractivity contribution is -0.0645. The average molecular weight is 283 g/mol. The van der Waals surface area contributed by atoms with Crippen molar-refractivity contribution in [2.24, 2.45) is 5.41 Å². The van der Waals surface area contributed by atoms with Gasteiger partial charge >= 0.3 is 0 Å². The molecule has 1 aliphatic carbocycles. The van der Waals surface area contributed by atoms with Crippen molar-refractivity contribution in [3.05, 3.63) is 35.9 Å². The molecule has 0 heterocycles. The van der Waals surface area contributed by atoms with Gasteiger partial charge in [-0.25, -0.2) is 13.1 Å². The normalized spacial score (nSPS) is 25.8. The molecular weight excluding hydrogens is 262 g/mol. The molecule has 1 aromatic carbocycles. The quantitative estimate of drug-likeness (QED) is 0.856. The zero-order chi connectivity index (χ0) is 14.1. The maximum absolute atomic E-state index is 12.0. The highest BCUT2D eigenvalue weighted by molar-refractivity contribution is 7.89. The molecule has 2 atom stereocenters. The topological polar surface area (TPSA) is 66.4 Å². The Morgan fingerprint density at radius 1 is 1.32 bits per heavy atom. The summed E-state index contributed by atoms with van der Waals surface area (Å²) >= 11 is 0. The Bertz CT molecular complexity index is 525.